The average molecular weight is 321 g/mol. The van der Waals surface area contributed by atoms with E-state index in [-0.39, 0.29) is 17.4 Å². The molecule has 2 heteroatoms. The smallest absolute Gasteiger partial charge is 0.230 e. The number of amides is 1. The Bertz CT molecular complexity index is 644. The highest BCUT2D eigenvalue weighted by molar-refractivity contribution is 5.88. The van der Waals surface area contributed by atoms with E-state index in [9.17, 15) is 4.79 Å². The van der Waals surface area contributed by atoms with Crippen LogP contribution < -0.4 is 5.32 Å². The summed E-state index contributed by atoms with van der Waals surface area (Å²) in [5, 5.41) is 3.29. The monoisotopic (exact) mass is 321 g/mol. The number of hydrogen-bond donors (Lipinski definition) is 1. The van der Waals surface area contributed by atoms with Gasteiger partial charge in [0.05, 0.1) is 5.41 Å². The van der Waals surface area contributed by atoms with Gasteiger partial charge in [-0.15, -0.1) is 0 Å². The van der Waals surface area contributed by atoms with E-state index in [0.717, 1.165) is 38.5 Å². The van der Waals surface area contributed by atoms with Gasteiger partial charge in [-0.25, -0.2) is 0 Å². The number of carbonyl (C=O) groups excluding carboxylic acids is 1. The largest absolute Gasteiger partial charge is 0.353 e. The Hall–Kier alpha value is -2.09. The van der Waals surface area contributed by atoms with Crippen molar-refractivity contribution in [1.29, 1.82) is 0 Å². The lowest BCUT2D eigenvalue weighted by Gasteiger charge is -2.30. The van der Waals surface area contributed by atoms with Crippen molar-refractivity contribution >= 4 is 5.91 Å². The van der Waals surface area contributed by atoms with Gasteiger partial charge in [0, 0.05) is 6.04 Å². The zero-order valence-electron chi connectivity index (χ0n) is 14.5. The van der Waals surface area contributed by atoms with E-state index >= 15 is 0 Å². The molecule has 2 nitrogen and oxygen atoms in total. The Kier molecular flexibility index (Phi) is 5.34. The predicted molar refractivity (Wildman–Crippen MR) is 99.0 cm³/mol. The first-order chi connectivity index (χ1) is 11.7. The standard InChI is InChI=1S/C22H27NO/c1-18(14-15-19-10-4-2-5-11-19)23-21(24)22(16-8-9-17-22)20-12-6-3-7-13-20/h2-7,10-13,18H,8-9,14-17H2,1H3,(H,23,24)/t18-/m1/s1. The van der Waals surface area contributed by atoms with Crippen molar-refractivity contribution in [2.75, 3.05) is 0 Å². The molecule has 3 rings (SSSR count). The summed E-state index contributed by atoms with van der Waals surface area (Å²) in [5.41, 5.74) is 2.19. The summed E-state index contributed by atoms with van der Waals surface area (Å²) in [6.45, 7) is 2.12. The number of aryl methyl sites for hydroxylation is 1. The minimum absolute atomic E-state index is 0.193. The highest BCUT2D eigenvalue weighted by atomic mass is 16.2. The molecule has 1 atom stereocenters. The first-order valence-electron chi connectivity index (χ1n) is 9.11. The fourth-order valence-electron chi connectivity index (χ4n) is 3.84. The maximum absolute atomic E-state index is 13.1. The topological polar surface area (TPSA) is 29.1 Å². The van der Waals surface area contributed by atoms with Crippen molar-refractivity contribution < 1.29 is 4.79 Å². The summed E-state index contributed by atoms with van der Waals surface area (Å²) in [4.78, 5) is 13.1. The normalized spacial score (nSPS) is 17.4. The summed E-state index contributed by atoms with van der Waals surface area (Å²) < 4.78 is 0. The fraction of sp³-hybridized carbons (Fsp3) is 0.409. The van der Waals surface area contributed by atoms with Gasteiger partial charge in [0.25, 0.3) is 0 Å². The molecule has 1 aliphatic carbocycles. The second-order valence-electron chi connectivity index (χ2n) is 7.05. The van der Waals surface area contributed by atoms with Gasteiger partial charge < -0.3 is 5.32 Å². The molecule has 0 radical (unpaired) electrons. The molecule has 0 heterocycles. The molecule has 2 aromatic rings. The van der Waals surface area contributed by atoms with Crippen LogP contribution in [-0.4, -0.2) is 11.9 Å². The second-order valence-corrected chi connectivity index (χ2v) is 7.05. The Balaban J connectivity index is 1.64. The van der Waals surface area contributed by atoms with Gasteiger partial charge in [0.2, 0.25) is 5.91 Å². The van der Waals surface area contributed by atoms with Gasteiger partial charge in [0.1, 0.15) is 0 Å². The van der Waals surface area contributed by atoms with Crippen LogP contribution in [0.1, 0.15) is 50.2 Å². The summed E-state index contributed by atoms with van der Waals surface area (Å²) in [5.74, 6) is 0.215. The molecule has 0 saturated heterocycles. The fourth-order valence-corrected chi connectivity index (χ4v) is 3.84. The summed E-state index contributed by atoms with van der Waals surface area (Å²) >= 11 is 0. The number of rotatable bonds is 6. The van der Waals surface area contributed by atoms with E-state index in [4.69, 9.17) is 0 Å². The summed E-state index contributed by atoms with van der Waals surface area (Å²) in [7, 11) is 0. The van der Waals surface area contributed by atoms with Crippen LogP contribution in [0, 0.1) is 0 Å². The van der Waals surface area contributed by atoms with Crippen LogP contribution in [0.2, 0.25) is 0 Å². The van der Waals surface area contributed by atoms with Crippen LogP contribution in [0.15, 0.2) is 60.7 Å². The molecule has 126 valence electrons. The molecule has 2 aromatic carbocycles. The third-order valence-electron chi connectivity index (χ3n) is 5.30. The Morgan fingerprint density at radius 2 is 1.58 bits per heavy atom. The molecular weight excluding hydrogens is 294 g/mol. The van der Waals surface area contributed by atoms with Gasteiger partial charge >= 0.3 is 0 Å². The van der Waals surface area contributed by atoms with E-state index in [1.807, 2.05) is 24.3 Å². The molecular formula is C22H27NO. The first-order valence-corrected chi connectivity index (χ1v) is 9.11. The molecule has 1 amide bonds. The van der Waals surface area contributed by atoms with Crippen LogP contribution in [0.4, 0.5) is 0 Å². The lowest BCUT2D eigenvalue weighted by Crippen LogP contribution is -2.46. The predicted octanol–water partition coefficient (Wildman–Crippen LogP) is 4.64. The van der Waals surface area contributed by atoms with Crippen molar-refractivity contribution in [3.8, 4) is 0 Å². The number of nitrogens with one attached hydrogen (secondary N) is 1. The molecule has 24 heavy (non-hydrogen) atoms. The van der Waals surface area contributed by atoms with E-state index in [2.05, 4.69) is 48.6 Å². The number of benzene rings is 2. The van der Waals surface area contributed by atoms with Gasteiger partial charge in [-0.3, -0.25) is 4.79 Å². The molecule has 1 N–H and O–H groups in total. The summed E-state index contributed by atoms with van der Waals surface area (Å²) in [6.07, 6.45) is 6.19. The van der Waals surface area contributed by atoms with Gasteiger partial charge in [-0.1, -0.05) is 73.5 Å². The van der Waals surface area contributed by atoms with Crippen molar-refractivity contribution in [1.82, 2.24) is 5.32 Å². The van der Waals surface area contributed by atoms with Gasteiger partial charge in [0.15, 0.2) is 0 Å². The van der Waals surface area contributed by atoms with Crippen molar-refractivity contribution in [3.05, 3.63) is 71.8 Å². The number of carbonyl (C=O) groups is 1. The third kappa shape index (κ3) is 3.69. The minimum Gasteiger partial charge on any atom is -0.353 e. The highest BCUT2D eigenvalue weighted by Gasteiger charge is 2.42. The molecule has 0 aliphatic heterocycles. The van der Waals surface area contributed by atoms with Crippen molar-refractivity contribution in [2.24, 2.45) is 0 Å². The highest BCUT2D eigenvalue weighted by Crippen LogP contribution is 2.41. The van der Waals surface area contributed by atoms with Crippen LogP contribution in [0.25, 0.3) is 0 Å². The van der Waals surface area contributed by atoms with Gasteiger partial charge in [-0.2, -0.15) is 0 Å². The summed E-state index contributed by atoms with van der Waals surface area (Å²) in [6, 6.07) is 21.0. The molecule has 0 unspecified atom stereocenters. The van der Waals surface area contributed by atoms with Crippen LogP contribution in [0.5, 0.6) is 0 Å². The van der Waals surface area contributed by atoms with E-state index in [0.29, 0.717) is 0 Å². The van der Waals surface area contributed by atoms with Crippen molar-refractivity contribution in [3.63, 3.8) is 0 Å². The Morgan fingerprint density at radius 1 is 1.00 bits per heavy atom. The number of hydrogen-bond acceptors (Lipinski definition) is 1. The quantitative estimate of drug-likeness (QED) is 0.825. The van der Waals surface area contributed by atoms with Crippen molar-refractivity contribution in [2.45, 2.75) is 56.9 Å². The zero-order chi connectivity index (χ0) is 16.8. The van der Waals surface area contributed by atoms with E-state index < -0.39 is 0 Å². The zero-order valence-corrected chi connectivity index (χ0v) is 14.5. The Labute approximate surface area is 145 Å². The lowest BCUT2D eigenvalue weighted by molar-refractivity contribution is -0.127. The molecule has 1 fully saturated rings. The maximum atomic E-state index is 13.1. The molecule has 1 saturated carbocycles. The average Bonchev–Trinajstić information content (AvgIpc) is 3.13. The lowest BCUT2D eigenvalue weighted by atomic mass is 9.78. The van der Waals surface area contributed by atoms with E-state index in [1.54, 1.807) is 0 Å². The van der Waals surface area contributed by atoms with Gasteiger partial charge in [-0.05, 0) is 43.7 Å². The SMILES string of the molecule is C[C@H](CCc1ccccc1)NC(=O)C1(c2ccccc2)CCCC1. The molecule has 0 aromatic heterocycles. The van der Waals surface area contributed by atoms with Crippen LogP contribution in [0.3, 0.4) is 0 Å². The first kappa shape index (κ1) is 16.8. The van der Waals surface area contributed by atoms with Crippen LogP contribution >= 0.6 is 0 Å². The van der Waals surface area contributed by atoms with E-state index in [1.165, 1.54) is 11.1 Å². The third-order valence-corrected chi connectivity index (χ3v) is 5.30. The minimum atomic E-state index is -0.317. The maximum Gasteiger partial charge on any atom is 0.230 e. The van der Waals surface area contributed by atoms with Crippen LogP contribution in [-0.2, 0) is 16.6 Å². The molecule has 0 bridgehead atoms. The molecule has 0 spiro atoms. The Morgan fingerprint density at radius 3 is 2.21 bits per heavy atom. The molecule has 1 aliphatic rings. The second kappa shape index (κ2) is 7.65.